The Labute approximate surface area is 337 Å². The maximum atomic E-state index is 2.68. The summed E-state index contributed by atoms with van der Waals surface area (Å²) in [6.45, 7) is 29.3. The van der Waals surface area contributed by atoms with Crippen LogP contribution in [0, 0.1) is 6.92 Å². The molecule has 0 nitrogen and oxygen atoms in total. The molecule has 0 bridgehead atoms. The molecule has 2 aliphatic carbocycles. The van der Waals surface area contributed by atoms with E-state index in [-0.39, 0.29) is 34.3 Å². The van der Waals surface area contributed by atoms with Crippen LogP contribution in [0.15, 0.2) is 115 Å². The van der Waals surface area contributed by atoms with Gasteiger partial charge >= 0.3 is 0 Å². The Morgan fingerprint density at radius 2 is 1.27 bits per heavy atom. The molecule has 2 atom stereocenters. The van der Waals surface area contributed by atoms with E-state index in [1.165, 1.54) is 89.6 Å². The van der Waals surface area contributed by atoms with E-state index < -0.39 is 0 Å². The average molecular weight is 731 g/mol. The minimum absolute atomic E-state index is 0.0450. The van der Waals surface area contributed by atoms with E-state index in [4.69, 9.17) is 0 Å². The molecule has 2 unspecified atom stereocenters. The quantitative estimate of drug-likeness (QED) is 0.158. The van der Waals surface area contributed by atoms with Crippen LogP contribution >= 0.6 is 0 Å². The predicted octanol–water partition coefficient (Wildman–Crippen LogP) is 12.4. The first-order chi connectivity index (χ1) is 26.4. The lowest BCUT2D eigenvalue weighted by atomic mass is 9.31. The van der Waals surface area contributed by atoms with Gasteiger partial charge in [-0.05, 0) is 102 Å². The molecule has 56 heavy (non-hydrogen) atoms. The molecule has 0 saturated heterocycles. The molecule has 0 saturated carbocycles. The second-order valence-corrected chi connectivity index (χ2v) is 20.5. The van der Waals surface area contributed by atoms with Crippen LogP contribution in [0.25, 0.3) is 22.3 Å². The van der Waals surface area contributed by atoms with Crippen molar-refractivity contribution in [2.75, 3.05) is 0 Å². The van der Waals surface area contributed by atoms with Crippen molar-refractivity contribution < 1.29 is 0 Å². The Morgan fingerprint density at radius 3 is 1.98 bits per heavy atom. The molecule has 3 aliphatic rings. The van der Waals surface area contributed by atoms with E-state index in [0.29, 0.717) is 5.92 Å². The number of hydrogen-bond acceptors (Lipinski definition) is 0. The molecule has 0 fully saturated rings. The van der Waals surface area contributed by atoms with Gasteiger partial charge in [0, 0.05) is 17.3 Å². The summed E-state index contributed by atoms with van der Waals surface area (Å²) in [4.78, 5) is 0. The zero-order valence-electron chi connectivity index (χ0n) is 35.9. The van der Waals surface area contributed by atoms with Crippen molar-refractivity contribution in [2.45, 2.75) is 123 Å². The van der Waals surface area contributed by atoms with Gasteiger partial charge in [0.15, 0.2) is 0 Å². The Morgan fingerprint density at radius 1 is 0.607 bits per heavy atom. The maximum absolute atomic E-state index is 2.68. The largest absolute Gasteiger partial charge is 0.242 e. The third-order valence-corrected chi connectivity index (χ3v) is 14.5. The maximum Gasteiger partial charge on any atom is 0.242 e. The highest BCUT2D eigenvalue weighted by atomic mass is 14.5. The summed E-state index contributed by atoms with van der Waals surface area (Å²) in [5.41, 5.74) is 24.8. The molecule has 9 rings (SSSR count). The second-order valence-electron chi connectivity index (χ2n) is 20.5. The van der Waals surface area contributed by atoms with Crippen molar-refractivity contribution in [1.29, 1.82) is 0 Å². The SMILES string of the molecule is Cc1cc(C(C)(C)C)cc2c1B(c1ccc(-c3ccccc3)cc1C(C)c1cccc3c1-c1ccccc1C3(C)C)c1cc3c(cc1C2C)C(C)(C)CC3(C)C. The summed E-state index contributed by atoms with van der Waals surface area (Å²) >= 11 is 0. The van der Waals surface area contributed by atoms with Gasteiger partial charge in [0.25, 0.3) is 0 Å². The van der Waals surface area contributed by atoms with Gasteiger partial charge in [0.1, 0.15) is 0 Å². The molecule has 6 aromatic rings. The van der Waals surface area contributed by atoms with Crippen LogP contribution < -0.4 is 16.4 Å². The summed E-state index contributed by atoms with van der Waals surface area (Å²) < 4.78 is 0. The Balaban J connectivity index is 1.35. The van der Waals surface area contributed by atoms with Crippen molar-refractivity contribution in [2.24, 2.45) is 0 Å². The molecule has 0 spiro atoms. The summed E-state index contributed by atoms with van der Waals surface area (Å²) in [6, 6.07) is 45.1. The van der Waals surface area contributed by atoms with Crippen molar-refractivity contribution in [3.8, 4) is 22.3 Å². The molecule has 1 heteroatoms. The van der Waals surface area contributed by atoms with E-state index in [2.05, 4.69) is 198 Å². The number of rotatable bonds is 4. The van der Waals surface area contributed by atoms with Crippen LogP contribution in [0.3, 0.4) is 0 Å². The Bertz CT molecular complexity index is 2550. The molecule has 6 aromatic carbocycles. The van der Waals surface area contributed by atoms with Gasteiger partial charge in [-0.2, -0.15) is 0 Å². The molecular weight excluding hydrogens is 671 g/mol. The number of fused-ring (bicyclic) bond motifs is 6. The predicted molar refractivity (Wildman–Crippen MR) is 243 cm³/mol. The summed E-state index contributed by atoms with van der Waals surface area (Å²) in [5, 5.41) is 0. The first kappa shape index (κ1) is 37.0. The van der Waals surface area contributed by atoms with Crippen molar-refractivity contribution in [1.82, 2.24) is 0 Å². The minimum atomic E-state index is -0.0450. The van der Waals surface area contributed by atoms with E-state index >= 15 is 0 Å². The lowest BCUT2D eigenvalue weighted by molar-refractivity contribution is 0.403. The molecular formula is C55H59B. The van der Waals surface area contributed by atoms with Crippen molar-refractivity contribution in [3.63, 3.8) is 0 Å². The standard InChI is InChI=1S/C55H59B/c1-33-27-38(52(4,5)6)29-43-35(3)42-30-46-47(54(9,10)32-53(46,7)8)31-49(42)56(51(33)43)48-26-25-37(36-19-14-13-15-20-36)28-41(48)34(2)39-22-18-24-45-50(39)40-21-16-17-23-44(40)55(45,11)12/h13-31,34-35H,32H2,1-12H3. The fourth-order valence-electron chi connectivity index (χ4n) is 11.7. The fourth-order valence-corrected chi connectivity index (χ4v) is 11.7. The summed E-state index contributed by atoms with van der Waals surface area (Å²) in [6.07, 6.45) is 1.17. The molecule has 1 heterocycles. The van der Waals surface area contributed by atoms with Crippen LogP contribution in [0.4, 0.5) is 0 Å². The highest BCUT2D eigenvalue weighted by molar-refractivity contribution is 6.97. The fraction of sp³-hybridized carbons (Fsp3) is 0.345. The van der Waals surface area contributed by atoms with Crippen LogP contribution in [-0.4, -0.2) is 6.71 Å². The minimum Gasteiger partial charge on any atom is -0.0661 e. The normalized spacial score (nSPS) is 18.8. The lowest BCUT2D eigenvalue weighted by Gasteiger charge is -2.37. The van der Waals surface area contributed by atoms with Crippen LogP contribution in [0.5, 0.6) is 0 Å². The van der Waals surface area contributed by atoms with Gasteiger partial charge in [-0.3, -0.25) is 0 Å². The van der Waals surface area contributed by atoms with Gasteiger partial charge in [0.05, 0.1) is 0 Å². The first-order valence-corrected chi connectivity index (χ1v) is 21.2. The summed E-state index contributed by atoms with van der Waals surface area (Å²) in [5.74, 6) is 0.471. The van der Waals surface area contributed by atoms with Gasteiger partial charge in [-0.1, -0.05) is 213 Å². The first-order valence-electron chi connectivity index (χ1n) is 21.2. The third-order valence-electron chi connectivity index (χ3n) is 14.5. The topological polar surface area (TPSA) is 0 Å². The monoisotopic (exact) mass is 730 g/mol. The number of benzene rings is 6. The van der Waals surface area contributed by atoms with E-state index in [0.717, 1.165) is 0 Å². The Kier molecular flexibility index (Phi) is 8.22. The lowest BCUT2D eigenvalue weighted by Crippen LogP contribution is -2.59. The van der Waals surface area contributed by atoms with Gasteiger partial charge < -0.3 is 0 Å². The average Bonchev–Trinajstić information content (AvgIpc) is 3.51. The zero-order chi connectivity index (χ0) is 39.7. The molecule has 0 radical (unpaired) electrons. The molecule has 0 amide bonds. The van der Waals surface area contributed by atoms with E-state index in [1.807, 2.05) is 0 Å². The highest BCUT2D eigenvalue weighted by Gasteiger charge is 2.46. The molecule has 0 aromatic heterocycles. The van der Waals surface area contributed by atoms with Gasteiger partial charge in [-0.15, -0.1) is 0 Å². The van der Waals surface area contributed by atoms with Crippen molar-refractivity contribution in [3.05, 3.63) is 171 Å². The van der Waals surface area contributed by atoms with Gasteiger partial charge in [0.2, 0.25) is 6.71 Å². The smallest absolute Gasteiger partial charge is 0.0661 e. The van der Waals surface area contributed by atoms with Crippen LogP contribution in [0.2, 0.25) is 0 Å². The highest BCUT2D eigenvalue weighted by Crippen LogP contribution is 2.53. The Hall–Kier alpha value is -4.62. The van der Waals surface area contributed by atoms with Crippen molar-refractivity contribution >= 4 is 23.1 Å². The zero-order valence-corrected chi connectivity index (χ0v) is 35.9. The van der Waals surface area contributed by atoms with Crippen LogP contribution in [0.1, 0.15) is 150 Å². The third kappa shape index (κ3) is 5.47. The number of hydrogen-bond donors (Lipinski definition) is 0. The van der Waals surface area contributed by atoms with E-state index in [1.54, 1.807) is 11.1 Å². The molecule has 282 valence electrons. The number of aryl methyl sites for hydroxylation is 1. The molecule has 0 N–H and O–H groups in total. The van der Waals surface area contributed by atoms with Crippen LogP contribution in [-0.2, 0) is 21.7 Å². The second kappa shape index (κ2) is 12.4. The summed E-state index contributed by atoms with van der Waals surface area (Å²) in [7, 11) is 0. The van der Waals surface area contributed by atoms with Gasteiger partial charge in [-0.25, -0.2) is 0 Å². The molecule has 1 aliphatic heterocycles. The van der Waals surface area contributed by atoms with E-state index in [9.17, 15) is 0 Å².